The van der Waals surface area contributed by atoms with Gasteiger partial charge in [-0.1, -0.05) is 6.08 Å². The quantitative estimate of drug-likeness (QED) is 0.474. The van der Waals surface area contributed by atoms with Crippen molar-refractivity contribution in [2.45, 2.75) is 37.1 Å². The third-order valence-corrected chi connectivity index (χ3v) is 7.13. The summed E-state index contributed by atoms with van der Waals surface area (Å²) in [6, 6.07) is 1.53. The number of aryl methyl sites for hydroxylation is 1. The van der Waals surface area contributed by atoms with Crippen LogP contribution in [0.3, 0.4) is 0 Å². The zero-order chi connectivity index (χ0) is 26.6. The van der Waals surface area contributed by atoms with E-state index in [2.05, 4.69) is 9.97 Å². The van der Waals surface area contributed by atoms with Gasteiger partial charge in [0.05, 0.1) is 22.5 Å². The second-order valence-electron chi connectivity index (χ2n) is 7.93. The summed E-state index contributed by atoms with van der Waals surface area (Å²) < 4.78 is 107. The van der Waals surface area contributed by atoms with Gasteiger partial charge >= 0.3 is 12.4 Å². The number of fused-ring (bicyclic) bond motifs is 1. The summed E-state index contributed by atoms with van der Waals surface area (Å²) in [6.45, 7) is 1.97. The van der Waals surface area contributed by atoms with E-state index in [0.717, 1.165) is 12.3 Å². The molecule has 1 aliphatic rings. The second-order valence-corrected chi connectivity index (χ2v) is 9.62. The number of hydrogen-bond acceptors (Lipinski definition) is 5. The Bertz CT molecular complexity index is 1590. The van der Waals surface area contributed by atoms with Crippen LogP contribution in [0.2, 0.25) is 0 Å². The minimum atomic E-state index is -4.82. The van der Waals surface area contributed by atoms with Gasteiger partial charge in [-0.05, 0) is 43.7 Å². The fourth-order valence-corrected chi connectivity index (χ4v) is 4.98. The summed E-state index contributed by atoms with van der Waals surface area (Å²) in [5.74, 6) is 0. The summed E-state index contributed by atoms with van der Waals surface area (Å²) in [5.41, 5.74) is -0.648. The van der Waals surface area contributed by atoms with Crippen LogP contribution in [0, 0.1) is 18.3 Å². The molecule has 0 radical (unpaired) electrons. The maximum atomic E-state index is 13.3. The molecule has 0 fully saturated rings. The van der Waals surface area contributed by atoms with E-state index in [4.69, 9.17) is 0 Å². The Morgan fingerprint density at radius 3 is 2.28 bits per heavy atom. The van der Waals surface area contributed by atoms with E-state index >= 15 is 0 Å². The standard InChI is InChI=1S/C22H15F6N5O2S/c1-11-6-17(30-10-18(11)36(34,35)32-12(2)21(23,24)25)19-16(8-29)15-7-13(22(26,27)28)9-31-20(15)33(19)14-4-3-5-14/h3-7,9-10,12,32H,1-2H3/t12-/m0/s1. The number of allylic oxidation sites excluding steroid dienone is 4. The smallest absolute Gasteiger partial charge is 0.291 e. The molecule has 0 bridgehead atoms. The lowest BCUT2D eigenvalue weighted by Crippen LogP contribution is -2.43. The van der Waals surface area contributed by atoms with E-state index in [0.29, 0.717) is 18.8 Å². The summed E-state index contributed by atoms with van der Waals surface area (Å²) >= 11 is 0. The molecule has 14 heteroatoms. The van der Waals surface area contributed by atoms with Crippen LogP contribution in [0.25, 0.3) is 28.1 Å². The Morgan fingerprint density at radius 1 is 1.11 bits per heavy atom. The Labute approximate surface area is 200 Å². The Hall–Kier alpha value is -3.70. The molecule has 0 aromatic carbocycles. The third-order valence-electron chi connectivity index (χ3n) is 5.46. The molecule has 3 heterocycles. The highest BCUT2D eigenvalue weighted by molar-refractivity contribution is 7.89. The van der Waals surface area contributed by atoms with Gasteiger partial charge in [-0.2, -0.15) is 36.3 Å². The first-order chi connectivity index (χ1) is 16.6. The molecule has 1 N–H and O–H groups in total. The molecule has 36 heavy (non-hydrogen) atoms. The largest absolute Gasteiger partial charge is 0.417 e. The summed E-state index contributed by atoms with van der Waals surface area (Å²) in [4.78, 5) is 7.44. The van der Waals surface area contributed by atoms with E-state index in [1.54, 1.807) is 18.2 Å². The van der Waals surface area contributed by atoms with E-state index in [-0.39, 0.29) is 33.5 Å². The van der Waals surface area contributed by atoms with E-state index in [1.807, 2.05) is 6.07 Å². The van der Waals surface area contributed by atoms with Crippen LogP contribution >= 0.6 is 0 Å². The molecular formula is C22H15F6N5O2S. The number of nitriles is 1. The van der Waals surface area contributed by atoms with Gasteiger partial charge in [-0.25, -0.2) is 13.4 Å². The predicted molar refractivity (Wildman–Crippen MR) is 117 cm³/mol. The first kappa shape index (κ1) is 25.4. The predicted octanol–water partition coefficient (Wildman–Crippen LogP) is 4.94. The van der Waals surface area contributed by atoms with Crippen LogP contribution in [0.1, 0.15) is 23.6 Å². The van der Waals surface area contributed by atoms with E-state index in [1.165, 1.54) is 22.3 Å². The summed E-state index contributed by atoms with van der Waals surface area (Å²) in [5, 5.41) is 9.74. The van der Waals surface area contributed by atoms with Crippen LogP contribution in [-0.2, 0) is 16.2 Å². The summed E-state index contributed by atoms with van der Waals surface area (Å²) in [6.07, 6.45) is -3.16. The highest BCUT2D eigenvalue weighted by atomic mass is 32.2. The Morgan fingerprint density at radius 2 is 1.78 bits per heavy atom. The monoisotopic (exact) mass is 527 g/mol. The fraction of sp³-hybridized carbons (Fsp3) is 0.227. The second kappa shape index (κ2) is 8.45. The normalized spacial score (nSPS) is 14.9. The maximum absolute atomic E-state index is 13.3. The average molecular weight is 527 g/mol. The highest BCUT2D eigenvalue weighted by Gasteiger charge is 2.39. The third kappa shape index (κ3) is 4.35. The van der Waals surface area contributed by atoms with Gasteiger partial charge in [0.1, 0.15) is 22.7 Å². The number of rotatable bonds is 5. The van der Waals surface area contributed by atoms with Crippen molar-refractivity contribution in [3.8, 4) is 17.5 Å². The lowest BCUT2D eigenvalue weighted by Gasteiger charge is -2.18. The molecule has 3 aromatic heterocycles. The molecule has 188 valence electrons. The number of halogens is 6. The van der Waals surface area contributed by atoms with Gasteiger partial charge in [0.25, 0.3) is 0 Å². The van der Waals surface area contributed by atoms with Crippen molar-refractivity contribution < 1.29 is 34.8 Å². The molecule has 0 saturated carbocycles. The number of pyridine rings is 2. The molecule has 3 aromatic rings. The SMILES string of the molecule is Cc1cc(-c2c(C#N)c3cc(C(F)(F)F)cnc3n2C2=CC=C2)ncc1S(=O)(=O)N[C@@H](C)C(F)(F)F. The van der Waals surface area contributed by atoms with Crippen molar-refractivity contribution in [3.05, 3.63) is 59.4 Å². The van der Waals surface area contributed by atoms with Crippen LogP contribution in [0.4, 0.5) is 26.3 Å². The van der Waals surface area contributed by atoms with Crippen molar-refractivity contribution in [2.24, 2.45) is 0 Å². The molecule has 0 unspecified atom stereocenters. The number of hydrogen-bond donors (Lipinski definition) is 1. The molecule has 0 spiro atoms. The number of sulfonamides is 1. The number of alkyl halides is 6. The fourth-order valence-electron chi connectivity index (χ4n) is 3.58. The summed E-state index contributed by atoms with van der Waals surface area (Å²) in [7, 11) is -4.62. The number of aromatic nitrogens is 3. The van der Waals surface area contributed by atoms with Crippen molar-refractivity contribution >= 4 is 26.8 Å². The van der Waals surface area contributed by atoms with Gasteiger partial charge in [0.2, 0.25) is 10.0 Å². The van der Waals surface area contributed by atoms with Gasteiger partial charge < -0.3 is 0 Å². The zero-order valence-corrected chi connectivity index (χ0v) is 19.2. The van der Waals surface area contributed by atoms with E-state index in [9.17, 15) is 40.0 Å². The lowest BCUT2D eigenvalue weighted by molar-refractivity contribution is -0.147. The first-order valence-electron chi connectivity index (χ1n) is 10.1. The van der Waals surface area contributed by atoms with Crippen molar-refractivity contribution in [1.29, 1.82) is 5.26 Å². The van der Waals surface area contributed by atoms with Gasteiger partial charge in [-0.15, -0.1) is 0 Å². The van der Waals surface area contributed by atoms with Crippen LogP contribution in [-0.4, -0.2) is 35.2 Å². The van der Waals surface area contributed by atoms with Gasteiger partial charge in [-0.3, -0.25) is 9.55 Å². The van der Waals surface area contributed by atoms with Crippen LogP contribution in [0.5, 0.6) is 0 Å². The molecular weight excluding hydrogens is 512 g/mol. The topological polar surface area (TPSA) is 101 Å². The van der Waals surface area contributed by atoms with E-state index < -0.39 is 38.9 Å². The molecule has 4 rings (SSSR count). The molecule has 0 amide bonds. The molecule has 7 nitrogen and oxygen atoms in total. The van der Waals surface area contributed by atoms with Crippen LogP contribution < -0.4 is 4.72 Å². The highest BCUT2D eigenvalue weighted by Crippen LogP contribution is 2.39. The number of nitrogens with one attached hydrogen (secondary N) is 1. The van der Waals surface area contributed by atoms with Crippen LogP contribution in [0.15, 0.2) is 47.6 Å². The number of nitrogens with zero attached hydrogens (tertiary/aromatic N) is 4. The van der Waals surface area contributed by atoms with Crippen molar-refractivity contribution in [1.82, 2.24) is 19.3 Å². The lowest BCUT2D eigenvalue weighted by atomic mass is 10.1. The molecule has 0 saturated heterocycles. The van der Waals surface area contributed by atoms with Crippen molar-refractivity contribution in [3.63, 3.8) is 0 Å². The Balaban J connectivity index is 1.90. The zero-order valence-electron chi connectivity index (χ0n) is 18.4. The van der Waals surface area contributed by atoms with Crippen molar-refractivity contribution in [2.75, 3.05) is 0 Å². The molecule has 0 aliphatic heterocycles. The first-order valence-corrected chi connectivity index (χ1v) is 11.6. The van der Waals surface area contributed by atoms with Gasteiger partial charge in [0.15, 0.2) is 0 Å². The minimum Gasteiger partial charge on any atom is -0.291 e. The average Bonchev–Trinajstić information content (AvgIpc) is 3.04. The molecule has 1 aliphatic carbocycles. The molecule has 1 atom stereocenters. The maximum Gasteiger partial charge on any atom is 0.417 e. The minimum absolute atomic E-state index is 0.00430. The Kier molecular flexibility index (Phi) is 5.96. The van der Waals surface area contributed by atoms with Gasteiger partial charge in [0, 0.05) is 23.5 Å².